The molecule has 3 nitrogen and oxygen atoms in total. The van der Waals surface area contributed by atoms with Crippen LogP contribution in [0.5, 0.6) is 5.75 Å². The maximum atomic E-state index is 13.3. The van der Waals surface area contributed by atoms with Crippen molar-refractivity contribution in [2.45, 2.75) is 24.6 Å². The van der Waals surface area contributed by atoms with Crippen LogP contribution in [0.3, 0.4) is 0 Å². The first-order valence-electron chi connectivity index (χ1n) is 12.5. The third-order valence-corrected chi connectivity index (χ3v) is 6.63. The van der Waals surface area contributed by atoms with Gasteiger partial charge in [0.05, 0.1) is 24.2 Å². The average molecular weight is 513 g/mol. The molecule has 5 rings (SSSR count). The van der Waals surface area contributed by atoms with Gasteiger partial charge in [-0.2, -0.15) is 13.2 Å². The SMILES string of the molecule is FC(F)(F)c1ccccc1OCCCc1cn(C(c2ccccc2)(c2ccccc2)c2ccccc2)cn1. The Morgan fingerprint density at radius 2 is 1.16 bits per heavy atom. The molecule has 1 heterocycles. The fourth-order valence-electron chi connectivity index (χ4n) is 4.92. The van der Waals surface area contributed by atoms with Crippen LogP contribution in [0.1, 0.15) is 34.4 Å². The van der Waals surface area contributed by atoms with Crippen LogP contribution >= 0.6 is 0 Å². The highest BCUT2D eigenvalue weighted by molar-refractivity contribution is 5.50. The van der Waals surface area contributed by atoms with Gasteiger partial charge in [0.1, 0.15) is 11.3 Å². The first kappa shape index (κ1) is 25.3. The number of imidazole rings is 1. The molecule has 0 bridgehead atoms. The molecule has 5 aromatic rings. The summed E-state index contributed by atoms with van der Waals surface area (Å²) in [5.74, 6) is -0.151. The van der Waals surface area contributed by atoms with E-state index in [1.54, 1.807) is 6.07 Å². The van der Waals surface area contributed by atoms with Crippen molar-refractivity contribution in [2.75, 3.05) is 6.61 Å². The van der Waals surface area contributed by atoms with Crippen LogP contribution in [-0.2, 0) is 18.1 Å². The highest BCUT2D eigenvalue weighted by Crippen LogP contribution is 2.41. The summed E-state index contributed by atoms with van der Waals surface area (Å²) in [6.45, 7) is 0.154. The molecule has 0 saturated carbocycles. The van der Waals surface area contributed by atoms with E-state index < -0.39 is 17.3 Å². The zero-order valence-corrected chi connectivity index (χ0v) is 20.7. The summed E-state index contributed by atoms with van der Waals surface area (Å²) in [4.78, 5) is 4.69. The fourth-order valence-corrected chi connectivity index (χ4v) is 4.92. The minimum absolute atomic E-state index is 0.151. The first-order valence-corrected chi connectivity index (χ1v) is 12.5. The lowest BCUT2D eigenvalue weighted by atomic mass is 9.77. The Morgan fingerprint density at radius 3 is 1.68 bits per heavy atom. The zero-order valence-electron chi connectivity index (χ0n) is 20.7. The number of alkyl halides is 3. The lowest BCUT2D eigenvalue weighted by molar-refractivity contribution is -0.138. The molecule has 0 fully saturated rings. The van der Waals surface area contributed by atoms with E-state index in [-0.39, 0.29) is 12.4 Å². The van der Waals surface area contributed by atoms with Gasteiger partial charge < -0.3 is 9.30 Å². The molecule has 0 spiro atoms. The Labute approximate surface area is 220 Å². The summed E-state index contributed by atoms with van der Waals surface area (Å²) in [6.07, 6.45) is 0.498. The second-order valence-electron chi connectivity index (χ2n) is 9.03. The summed E-state index contributed by atoms with van der Waals surface area (Å²) < 4.78 is 47.4. The smallest absolute Gasteiger partial charge is 0.419 e. The molecule has 0 aliphatic carbocycles. The van der Waals surface area contributed by atoms with Crippen molar-refractivity contribution in [3.8, 4) is 5.75 Å². The second kappa shape index (κ2) is 11.0. The number of rotatable bonds is 9. The van der Waals surface area contributed by atoms with E-state index in [0.29, 0.717) is 12.8 Å². The van der Waals surface area contributed by atoms with E-state index in [9.17, 15) is 13.2 Å². The third kappa shape index (κ3) is 5.07. The van der Waals surface area contributed by atoms with Crippen molar-refractivity contribution < 1.29 is 17.9 Å². The molecule has 0 unspecified atom stereocenters. The Balaban J connectivity index is 1.44. The highest BCUT2D eigenvalue weighted by Gasteiger charge is 2.38. The van der Waals surface area contributed by atoms with Gasteiger partial charge in [0, 0.05) is 6.20 Å². The van der Waals surface area contributed by atoms with Crippen LogP contribution in [0.25, 0.3) is 0 Å². The van der Waals surface area contributed by atoms with Crippen molar-refractivity contribution in [1.29, 1.82) is 0 Å². The standard InChI is InChI=1S/C32H27F3N2O/c33-32(34,35)29-20-10-11-21-30(29)38-22-12-19-28-23-37(24-36-28)31(25-13-4-1-5-14-25,26-15-6-2-7-16-26)27-17-8-3-9-18-27/h1-11,13-18,20-21,23-24H,12,19,22H2. The third-order valence-electron chi connectivity index (χ3n) is 6.63. The molecular weight excluding hydrogens is 485 g/mol. The zero-order chi connectivity index (χ0) is 26.4. The van der Waals surface area contributed by atoms with Crippen LogP contribution in [-0.4, -0.2) is 16.2 Å². The topological polar surface area (TPSA) is 27.1 Å². The number of para-hydroxylation sites is 1. The van der Waals surface area contributed by atoms with E-state index in [2.05, 4.69) is 45.9 Å². The van der Waals surface area contributed by atoms with Crippen LogP contribution in [0.4, 0.5) is 13.2 Å². The predicted molar refractivity (Wildman–Crippen MR) is 142 cm³/mol. The van der Waals surface area contributed by atoms with Gasteiger partial charge in [0.2, 0.25) is 0 Å². The number of hydrogen-bond acceptors (Lipinski definition) is 2. The van der Waals surface area contributed by atoms with Gasteiger partial charge in [0.15, 0.2) is 0 Å². The minimum atomic E-state index is -4.45. The number of aromatic nitrogens is 2. The molecule has 0 aliphatic rings. The molecule has 0 saturated heterocycles. The highest BCUT2D eigenvalue weighted by atomic mass is 19.4. The quantitative estimate of drug-likeness (QED) is 0.149. The van der Waals surface area contributed by atoms with Crippen LogP contribution in [0.15, 0.2) is 128 Å². The predicted octanol–water partition coefficient (Wildman–Crippen LogP) is 7.75. The van der Waals surface area contributed by atoms with Gasteiger partial charge in [0.25, 0.3) is 0 Å². The summed E-state index contributed by atoms with van der Waals surface area (Å²) in [5, 5.41) is 0. The molecule has 0 atom stereocenters. The van der Waals surface area contributed by atoms with Gasteiger partial charge in [-0.05, 0) is 41.7 Å². The molecule has 0 aliphatic heterocycles. The summed E-state index contributed by atoms with van der Waals surface area (Å²) in [5.41, 5.74) is 2.69. The molecular formula is C32H27F3N2O. The number of ether oxygens (including phenoxy) is 1. The van der Waals surface area contributed by atoms with Crippen molar-refractivity contribution in [2.24, 2.45) is 0 Å². The molecule has 38 heavy (non-hydrogen) atoms. The van der Waals surface area contributed by atoms with Crippen LogP contribution < -0.4 is 4.74 Å². The largest absolute Gasteiger partial charge is 0.493 e. The number of hydrogen-bond donors (Lipinski definition) is 0. The van der Waals surface area contributed by atoms with E-state index in [4.69, 9.17) is 4.74 Å². The monoisotopic (exact) mass is 512 g/mol. The van der Waals surface area contributed by atoms with E-state index in [0.717, 1.165) is 28.5 Å². The number of aryl methyl sites for hydroxylation is 1. The van der Waals surface area contributed by atoms with E-state index in [1.807, 2.05) is 67.1 Å². The van der Waals surface area contributed by atoms with Crippen molar-refractivity contribution in [1.82, 2.24) is 9.55 Å². The molecule has 6 heteroatoms. The molecule has 192 valence electrons. The normalized spacial score (nSPS) is 11.9. The fraction of sp³-hybridized carbons (Fsp3) is 0.156. The minimum Gasteiger partial charge on any atom is -0.493 e. The first-order chi connectivity index (χ1) is 18.5. The van der Waals surface area contributed by atoms with Gasteiger partial charge in [-0.25, -0.2) is 4.98 Å². The summed E-state index contributed by atoms with van der Waals surface area (Å²) in [7, 11) is 0. The molecule has 0 N–H and O–H groups in total. The van der Waals surface area contributed by atoms with Gasteiger partial charge in [-0.3, -0.25) is 0 Å². The number of benzene rings is 4. The van der Waals surface area contributed by atoms with Crippen molar-refractivity contribution >= 4 is 0 Å². The summed E-state index contributed by atoms with van der Waals surface area (Å²) >= 11 is 0. The van der Waals surface area contributed by atoms with Gasteiger partial charge >= 0.3 is 6.18 Å². The average Bonchev–Trinajstić information content (AvgIpc) is 3.42. The van der Waals surface area contributed by atoms with Crippen LogP contribution in [0.2, 0.25) is 0 Å². The molecule has 1 aromatic heterocycles. The molecule has 0 amide bonds. The maximum Gasteiger partial charge on any atom is 0.419 e. The van der Waals surface area contributed by atoms with Gasteiger partial charge in [-0.15, -0.1) is 0 Å². The van der Waals surface area contributed by atoms with Crippen LogP contribution in [0, 0.1) is 0 Å². The molecule has 4 aromatic carbocycles. The summed E-state index contributed by atoms with van der Waals surface area (Å²) in [6, 6.07) is 36.2. The Kier molecular flexibility index (Phi) is 7.31. The lowest BCUT2D eigenvalue weighted by Gasteiger charge is -2.37. The Hall–Kier alpha value is -4.32. The maximum absolute atomic E-state index is 13.3. The molecule has 0 radical (unpaired) electrons. The Bertz CT molecular complexity index is 1350. The second-order valence-corrected chi connectivity index (χ2v) is 9.03. The van der Waals surface area contributed by atoms with E-state index in [1.165, 1.54) is 12.1 Å². The Morgan fingerprint density at radius 1 is 0.658 bits per heavy atom. The number of halogens is 3. The van der Waals surface area contributed by atoms with Crippen molar-refractivity contribution in [3.63, 3.8) is 0 Å². The van der Waals surface area contributed by atoms with Crippen molar-refractivity contribution in [3.05, 3.63) is 156 Å². The van der Waals surface area contributed by atoms with Gasteiger partial charge in [-0.1, -0.05) is 103 Å². The lowest BCUT2D eigenvalue weighted by Crippen LogP contribution is -2.36. The number of nitrogens with zero attached hydrogens (tertiary/aromatic N) is 2. The van der Waals surface area contributed by atoms with E-state index >= 15 is 0 Å².